The highest BCUT2D eigenvalue weighted by atomic mass is 79.9. The van der Waals surface area contributed by atoms with Crippen molar-refractivity contribution < 1.29 is 9.53 Å². The van der Waals surface area contributed by atoms with E-state index in [1.54, 1.807) is 0 Å². The number of carbonyl (C=O) groups is 1. The minimum absolute atomic E-state index is 0.185. The molecule has 0 radical (unpaired) electrons. The third-order valence-corrected chi connectivity index (χ3v) is 2.92. The van der Waals surface area contributed by atoms with Crippen LogP contribution in [0.3, 0.4) is 0 Å². The smallest absolute Gasteiger partial charge is 0.309 e. The normalized spacial score (nSPS) is 10.1. The standard InChI is InChI=1S/C12H15BrO2/c1-4-9-6-10(13)5-8(2)11(9)7-12(14)15-3/h5-6H,4,7H2,1-3H3. The fraction of sp³-hybridized carbons (Fsp3) is 0.417. The number of esters is 1. The Hall–Kier alpha value is -0.830. The molecular formula is C12H15BrO2. The van der Waals surface area contributed by atoms with Crippen molar-refractivity contribution in [1.82, 2.24) is 0 Å². The molecule has 0 saturated carbocycles. The van der Waals surface area contributed by atoms with E-state index >= 15 is 0 Å². The van der Waals surface area contributed by atoms with Gasteiger partial charge in [-0.1, -0.05) is 22.9 Å². The molecule has 0 aliphatic carbocycles. The van der Waals surface area contributed by atoms with E-state index in [9.17, 15) is 4.79 Å². The van der Waals surface area contributed by atoms with Crippen molar-refractivity contribution in [3.63, 3.8) is 0 Å². The van der Waals surface area contributed by atoms with Crippen LogP contribution in [0.25, 0.3) is 0 Å². The summed E-state index contributed by atoms with van der Waals surface area (Å²) in [5.41, 5.74) is 3.42. The van der Waals surface area contributed by atoms with E-state index in [0.717, 1.165) is 22.0 Å². The first-order chi connectivity index (χ1) is 7.08. The fourth-order valence-corrected chi connectivity index (χ4v) is 2.25. The predicted molar refractivity (Wildman–Crippen MR) is 64.0 cm³/mol. The second-order valence-corrected chi connectivity index (χ2v) is 4.38. The molecule has 0 aliphatic heterocycles. The molecule has 3 heteroatoms. The van der Waals surface area contributed by atoms with Crippen LogP contribution in [0.1, 0.15) is 23.6 Å². The number of benzene rings is 1. The number of rotatable bonds is 3. The van der Waals surface area contributed by atoms with Gasteiger partial charge >= 0.3 is 5.97 Å². The maximum atomic E-state index is 11.3. The second kappa shape index (κ2) is 5.31. The van der Waals surface area contributed by atoms with Crippen LogP contribution in [0.5, 0.6) is 0 Å². The van der Waals surface area contributed by atoms with E-state index in [-0.39, 0.29) is 5.97 Å². The number of aryl methyl sites for hydroxylation is 2. The lowest BCUT2D eigenvalue weighted by molar-refractivity contribution is -0.139. The molecule has 0 amide bonds. The van der Waals surface area contributed by atoms with Gasteiger partial charge in [-0.2, -0.15) is 0 Å². The molecule has 0 fully saturated rings. The minimum Gasteiger partial charge on any atom is -0.469 e. The molecule has 0 N–H and O–H groups in total. The first kappa shape index (κ1) is 12.2. The Morgan fingerprint density at radius 3 is 2.67 bits per heavy atom. The number of hydrogen-bond acceptors (Lipinski definition) is 2. The summed E-state index contributed by atoms with van der Waals surface area (Å²) in [5, 5.41) is 0. The van der Waals surface area contributed by atoms with E-state index in [1.165, 1.54) is 12.7 Å². The first-order valence-electron chi connectivity index (χ1n) is 4.93. The van der Waals surface area contributed by atoms with Crippen molar-refractivity contribution in [3.8, 4) is 0 Å². The van der Waals surface area contributed by atoms with Gasteiger partial charge in [0.1, 0.15) is 0 Å². The van der Waals surface area contributed by atoms with Crippen LogP contribution in [0.15, 0.2) is 16.6 Å². The van der Waals surface area contributed by atoms with Gasteiger partial charge in [-0.25, -0.2) is 0 Å². The van der Waals surface area contributed by atoms with Gasteiger partial charge in [-0.05, 0) is 42.2 Å². The van der Waals surface area contributed by atoms with Gasteiger partial charge in [-0.15, -0.1) is 0 Å². The second-order valence-electron chi connectivity index (χ2n) is 3.47. The van der Waals surface area contributed by atoms with Crippen LogP contribution >= 0.6 is 15.9 Å². The number of halogens is 1. The quantitative estimate of drug-likeness (QED) is 0.790. The first-order valence-corrected chi connectivity index (χ1v) is 5.72. The van der Waals surface area contributed by atoms with Gasteiger partial charge in [0.25, 0.3) is 0 Å². The summed E-state index contributed by atoms with van der Waals surface area (Å²) in [6.45, 7) is 4.10. The molecule has 82 valence electrons. The monoisotopic (exact) mass is 270 g/mol. The van der Waals surface area contributed by atoms with Crippen LogP contribution in [-0.4, -0.2) is 13.1 Å². The molecule has 1 aromatic rings. The molecule has 0 aliphatic rings. The van der Waals surface area contributed by atoms with E-state index in [2.05, 4.69) is 33.7 Å². The Balaban J connectivity index is 3.09. The van der Waals surface area contributed by atoms with Crippen molar-refractivity contribution in [3.05, 3.63) is 33.3 Å². The number of methoxy groups -OCH3 is 1. The topological polar surface area (TPSA) is 26.3 Å². The van der Waals surface area contributed by atoms with E-state index < -0.39 is 0 Å². The summed E-state index contributed by atoms with van der Waals surface area (Å²) in [6.07, 6.45) is 1.28. The Morgan fingerprint density at radius 2 is 2.13 bits per heavy atom. The summed E-state index contributed by atoms with van der Waals surface area (Å²) in [4.78, 5) is 11.3. The molecule has 1 aromatic carbocycles. The zero-order valence-electron chi connectivity index (χ0n) is 9.26. The summed E-state index contributed by atoms with van der Waals surface area (Å²) in [7, 11) is 1.42. The Kier molecular flexibility index (Phi) is 4.33. The largest absolute Gasteiger partial charge is 0.469 e. The van der Waals surface area contributed by atoms with Crippen LogP contribution in [0, 0.1) is 6.92 Å². The SMILES string of the molecule is CCc1cc(Br)cc(C)c1CC(=O)OC. The zero-order valence-corrected chi connectivity index (χ0v) is 10.8. The van der Waals surface area contributed by atoms with Crippen LogP contribution < -0.4 is 0 Å². The van der Waals surface area contributed by atoms with Gasteiger partial charge in [0.2, 0.25) is 0 Å². The molecule has 0 atom stereocenters. The van der Waals surface area contributed by atoms with Crippen molar-refractivity contribution in [2.75, 3.05) is 7.11 Å². The van der Waals surface area contributed by atoms with Gasteiger partial charge in [0.15, 0.2) is 0 Å². The molecule has 0 heterocycles. The van der Waals surface area contributed by atoms with Crippen LogP contribution in [0.2, 0.25) is 0 Å². The maximum Gasteiger partial charge on any atom is 0.309 e. The zero-order chi connectivity index (χ0) is 11.4. The van der Waals surface area contributed by atoms with E-state index in [1.807, 2.05) is 13.0 Å². The van der Waals surface area contributed by atoms with Gasteiger partial charge in [0, 0.05) is 4.47 Å². The summed E-state index contributed by atoms with van der Waals surface area (Å²) >= 11 is 3.46. The van der Waals surface area contributed by atoms with Crippen molar-refractivity contribution in [2.45, 2.75) is 26.7 Å². The lowest BCUT2D eigenvalue weighted by Crippen LogP contribution is -2.08. The predicted octanol–water partition coefficient (Wildman–Crippen LogP) is 3.04. The minimum atomic E-state index is -0.185. The molecule has 15 heavy (non-hydrogen) atoms. The summed E-state index contributed by atoms with van der Waals surface area (Å²) in [6, 6.07) is 4.09. The van der Waals surface area contributed by atoms with Crippen LogP contribution in [0.4, 0.5) is 0 Å². The third kappa shape index (κ3) is 3.06. The average molecular weight is 271 g/mol. The highest BCUT2D eigenvalue weighted by Crippen LogP contribution is 2.22. The van der Waals surface area contributed by atoms with E-state index in [0.29, 0.717) is 6.42 Å². The highest BCUT2D eigenvalue weighted by molar-refractivity contribution is 9.10. The molecule has 0 saturated heterocycles. The molecule has 0 unspecified atom stereocenters. The van der Waals surface area contributed by atoms with Crippen molar-refractivity contribution in [1.29, 1.82) is 0 Å². The Bertz CT molecular complexity index is 372. The number of ether oxygens (including phenoxy) is 1. The average Bonchev–Trinajstić information content (AvgIpc) is 2.21. The molecule has 1 rings (SSSR count). The molecular weight excluding hydrogens is 256 g/mol. The molecule has 0 bridgehead atoms. The van der Waals surface area contributed by atoms with Crippen LogP contribution in [-0.2, 0) is 22.4 Å². The van der Waals surface area contributed by atoms with Crippen molar-refractivity contribution >= 4 is 21.9 Å². The maximum absolute atomic E-state index is 11.3. The molecule has 0 spiro atoms. The third-order valence-electron chi connectivity index (χ3n) is 2.46. The van der Waals surface area contributed by atoms with Gasteiger partial charge in [0.05, 0.1) is 13.5 Å². The summed E-state index contributed by atoms with van der Waals surface area (Å²) in [5.74, 6) is -0.185. The lowest BCUT2D eigenvalue weighted by atomic mass is 9.97. The lowest BCUT2D eigenvalue weighted by Gasteiger charge is -2.11. The number of hydrogen-bond donors (Lipinski definition) is 0. The highest BCUT2D eigenvalue weighted by Gasteiger charge is 2.10. The van der Waals surface area contributed by atoms with Gasteiger partial charge < -0.3 is 4.74 Å². The van der Waals surface area contributed by atoms with E-state index in [4.69, 9.17) is 0 Å². The Labute approximate surface area is 98.8 Å². The summed E-state index contributed by atoms with van der Waals surface area (Å²) < 4.78 is 5.75. The fourth-order valence-electron chi connectivity index (χ4n) is 1.63. The van der Waals surface area contributed by atoms with Crippen molar-refractivity contribution in [2.24, 2.45) is 0 Å². The number of carbonyl (C=O) groups excluding carboxylic acids is 1. The molecule has 2 nitrogen and oxygen atoms in total. The van der Waals surface area contributed by atoms with Gasteiger partial charge in [-0.3, -0.25) is 4.79 Å². The molecule has 0 aromatic heterocycles. The Morgan fingerprint density at radius 1 is 1.47 bits per heavy atom.